The van der Waals surface area contributed by atoms with E-state index < -0.39 is 15.7 Å². The largest absolute Gasteiger partial charge is 0.319 e. The molecule has 2 aromatic carbocycles. The van der Waals surface area contributed by atoms with Crippen molar-refractivity contribution in [3.8, 4) is 0 Å². The summed E-state index contributed by atoms with van der Waals surface area (Å²) in [6.45, 7) is 5.01. The number of nitrogens with zero attached hydrogens (tertiary/aromatic N) is 3. The smallest absolute Gasteiger partial charge is 0.245 e. The molecule has 190 valence electrons. The third kappa shape index (κ3) is 4.29. The van der Waals surface area contributed by atoms with Crippen LogP contribution in [0.1, 0.15) is 38.7 Å². The molecule has 2 saturated heterocycles. The lowest BCUT2D eigenvalue weighted by molar-refractivity contribution is -0.134. The Kier molecular flexibility index (Phi) is 6.57. The summed E-state index contributed by atoms with van der Waals surface area (Å²) in [7, 11) is -3.77. The number of nitrogens with one attached hydrogen (secondary N) is 1. The maximum Gasteiger partial charge on any atom is 0.245 e. The van der Waals surface area contributed by atoms with E-state index in [-0.39, 0.29) is 41.7 Å². The molecule has 9 heteroatoms. The summed E-state index contributed by atoms with van der Waals surface area (Å²) in [6, 6.07) is 14.7. The molecule has 0 radical (unpaired) electrons. The second-order valence-electron chi connectivity index (χ2n) is 9.83. The minimum atomic E-state index is -3.77. The monoisotopic (exact) mass is 510 g/mol. The molecule has 2 aliphatic rings. The molecular formula is C27H31FN4O3S. The van der Waals surface area contributed by atoms with Gasteiger partial charge in [0.1, 0.15) is 10.7 Å². The minimum Gasteiger partial charge on any atom is -0.319 e. The van der Waals surface area contributed by atoms with Crippen molar-refractivity contribution < 1.29 is 17.6 Å². The standard InChI is InChI=1S/C27H31FN4O3S/c1-3-19(2)24-26(33)32(18-20-9-11-22(28)12-10-20)27(30-24)13-16-31(17-14-27)36(34,35)23-8-4-6-21-7-5-15-29-25(21)23/h4-12,15,19,24,30H,3,13-14,16-18H2,1-2H3/t19-,24-/m0/s1. The van der Waals surface area contributed by atoms with Crippen LogP contribution < -0.4 is 5.32 Å². The summed E-state index contributed by atoms with van der Waals surface area (Å²) in [4.78, 5) is 19.9. The number of rotatable bonds is 6. The third-order valence-electron chi connectivity index (χ3n) is 7.70. The summed E-state index contributed by atoms with van der Waals surface area (Å²) < 4.78 is 42.3. The van der Waals surface area contributed by atoms with Crippen LogP contribution in [0, 0.1) is 11.7 Å². The van der Waals surface area contributed by atoms with E-state index >= 15 is 0 Å². The molecule has 2 atom stereocenters. The third-order valence-corrected chi connectivity index (χ3v) is 9.63. The first kappa shape index (κ1) is 24.8. The number of hydrogen-bond donors (Lipinski definition) is 1. The fourth-order valence-electron chi connectivity index (χ4n) is 5.37. The number of hydrogen-bond acceptors (Lipinski definition) is 5. The second kappa shape index (κ2) is 9.53. The summed E-state index contributed by atoms with van der Waals surface area (Å²) >= 11 is 0. The molecule has 0 aliphatic carbocycles. The summed E-state index contributed by atoms with van der Waals surface area (Å²) in [6.07, 6.45) is 3.37. The highest BCUT2D eigenvalue weighted by Gasteiger charge is 2.53. The molecule has 0 bridgehead atoms. The van der Waals surface area contributed by atoms with Crippen LogP contribution in [0.5, 0.6) is 0 Å². The normalized spacial score (nSPS) is 21.4. The van der Waals surface area contributed by atoms with E-state index in [1.165, 1.54) is 16.4 Å². The molecule has 3 heterocycles. The average molecular weight is 511 g/mol. The highest BCUT2D eigenvalue weighted by molar-refractivity contribution is 7.89. The molecule has 1 amide bonds. The maximum atomic E-state index is 13.6. The van der Waals surface area contributed by atoms with Gasteiger partial charge < -0.3 is 4.90 Å². The van der Waals surface area contributed by atoms with Gasteiger partial charge in [-0.05, 0) is 48.6 Å². The van der Waals surface area contributed by atoms with Gasteiger partial charge in [-0.2, -0.15) is 4.31 Å². The van der Waals surface area contributed by atoms with Crippen molar-refractivity contribution in [3.63, 3.8) is 0 Å². The van der Waals surface area contributed by atoms with Gasteiger partial charge in [-0.25, -0.2) is 12.8 Å². The number of para-hydroxylation sites is 1. The molecule has 3 aromatic rings. The zero-order valence-corrected chi connectivity index (χ0v) is 21.3. The predicted molar refractivity (Wildman–Crippen MR) is 136 cm³/mol. The van der Waals surface area contributed by atoms with Crippen molar-refractivity contribution in [2.45, 2.75) is 56.3 Å². The van der Waals surface area contributed by atoms with Crippen molar-refractivity contribution in [1.29, 1.82) is 0 Å². The SMILES string of the molecule is CC[C@H](C)[C@@H]1NC2(CCN(S(=O)(=O)c3cccc4cccnc34)CC2)N(Cc2ccc(F)cc2)C1=O. The van der Waals surface area contributed by atoms with Gasteiger partial charge >= 0.3 is 0 Å². The summed E-state index contributed by atoms with van der Waals surface area (Å²) in [5, 5.41) is 4.37. The van der Waals surface area contributed by atoms with Crippen LogP contribution in [0.15, 0.2) is 65.7 Å². The molecule has 36 heavy (non-hydrogen) atoms. The van der Waals surface area contributed by atoms with Crippen LogP contribution in [-0.2, 0) is 21.4 Å². The van der Waals surface area contributed by atoms with Crippen LogP contribution in [0.2, 0.25) is 0 Å². The Morgan fingerprint density at radius 3 is 2.50 bits per heavy atom. The number of benzene rings is 2. The van der Waals surface area contributed by atoms with Crippen molar-refractivity contribution in [2.24, 2.45) is 5.92 Å². The number of amides is 1. The number of pyridine rings is 1. The van der Waals surface area contributed by atoms with Gasteiger partial charge in [0.25, 0.3) is 0 Å². The van der Waals surface area contributed by atoms with Crippen LogP contribution in [0.4, 0.5) is 4.39 Å². The first-order valence-corrected chi connectivity index (χ1v) is 13.9. The highest BCUT2D eigenvalue weighted by Crippen LogP contribution is 2.38. The summed E-state index contributed by atoms with van der Waals surface area (Å²) in [5.74, 6) is -0.169. The van der Waals surface area contributed by atoms with E-state index in [2.05, 4.69) is 24.1 Å². The lowest BCUT2D eigenvalue weighted by Crippen LogP contribution is -2.59. The number of carbonyl (C=O) groups is 1. The van der Waals surface area contributed by atoms with Crippen molar-refractivity contribution >= 4 is 26.8 Å². The van der Waals surface area contributed by atoms with Crippen LogP contribution in [-0.4, -0.2) is 53.3 Å². The Morgan fingerprint density at radius 1 is 1.11 bits per heavy atom. The zero-order chi connectivity index (χ0) is 25.5. The lowest BCUT2D eigenvalue weighted by atomic mass is 9.96. The van der Waals surface area contributed by atoms with Gasteiger partial charge in [-0.3, -0.25) is 15.1 Å². The molecule has 2 aliphatic heterocycles. The van der Waals surface area contributed by atoms with Crippen molar-refractivity contribution in [2.75, 3.05) is 13.1 Å². The predicted octanol–water partition coefficient (Wildman–Crippen LogP) is 3.90. The molecule has 2 fully saturated rings. The van der Waals surface area contributed by atoms with Gasteiger partial charge in [0.15, 0.2) is 0 Å². The van der Waals surface area contributed by atoms with Gasteiger partial charge in [0.05, 0.1) is 17.2 Å². The van der Waals surface area contributed by atoms with Crippen LogP contribution in [0.25, 0.3) is 10.9 Å². The van der Waals surface area contributed by atoms with E-state index in [4.69, 9.17) is 0 Å². The molecule has 7 nitrogen and oxygen atoms in total. The molecule has 5 rings (SSSR count). The molecule has 0 saturated carbocycles. The number of halogens is 1. The Balaban J connectivity index is 1.42. The van der Waals surface area contributed by atoms with Crippen molar-refractivity contribution in [3.05, 3.63) is 72.2 Å². The van der Waals surface area contributed by atoms with Gasteiger partial charge in [0, 0.05) is 31.2 Å². The quantitative estimate of drug-likeness (QED) is 0.544. The number of fused-ring (bicyclic) bond motifs is 1. The Bertz CT molecular complexity index is 1370. The number of aromatic nitrogens is 1. The maximum absolute atomic E-state index is 13.6. The minimum absolute atomic E-state index is 0.0169. The highest BCUT2D eigenvalue weighted by atomic mass is 32.2. The van der Waals surface area contributed by atoms with Gasteiger partial charge in [-0.15, -0.1) is 0 Å². The van der Waals surface area contributed by atoms with E-state index in [0.717, 1.165) is 17.4 Å². The van der Waals surface area contributed by atoms with Crippen molar-refractivity contribution in [1.82, 2.24) is 19.5 Å². The first-order chi connectivity index (χ1) is 17.2. The molecule has 1 aromatic heterocycles. The van der Waals surface area contributed by atoms with E-state index in [1.54, 1.807) is 36.5 Å². The molecular weight excluding hydrogens is 479 g/mol. The summed E-state index contributed by atoms with van der Waals surface area (Å²) in [5.41, 5.74) is 0.652. The Morgan fingerprint density at radius 2 is 1.81 bits per heavy atom. The molecule has 1 spiro atoms. The number of sulfonamides is 1. The first-order valence-electron chi connectivity index (χ1n) is 12.4. The molecule has 0 unspecified atom stereocenters. The van der Waals surface area contributed by atoms with E-state index in [0.29, 0.717) is 24.9 Å². The lowest BCUT2D eigenvalue weighted by Gasteiger charge is -2.44. The fraction of sp³-hybridized carbons (Fsp3) is 0.407. The van der Waals surface area contributed by atoms with Gasteiger partial charge in [0.2, 0.25) is 15.9 Å². The van der Waals surface area contributed by atoms with E-state index in [9.17, 15) is 17.6 Å². The Hall–Kier alpha value is -2.88. The van der Waals surface area contributed by atoms with Crippen LogP contribution >= 0.6 is 0 Å². The molecule has 1 N–H and O–H groups in total. The number of carbonyl (C=O) groups excluding carboxylic acids is 1. The zero-order valence-electron chi connectivity index (χ0n) is 20.5. The number of piperidine rings is 1. The van der Waals surface area contributed by atoms with E-state index in [1.807, 2.05) is 17.0 Å². The van der Waals surface area contributed by atoms with Crippen LogP contribution in [0.3, 0.4) is 0 Å². The fourth-order valence-corrected chi connectivity index (χ4v) is 6.97. The second-order valence-corrected chi connectivity index (χ2v) is 11.7. The van der Waals surface area contributed by atoms with Gasteiger partial charge in [-0.1, -0.05) is 50.6 Å². The topological polar surface area (TPSA) is 82.6 Å². The average Bonchev–Trinajstić information content (AvgIpc) is 3.15. The Labute approximate surface area is 211 Å².